The lowest BCUT2D eigenvalue weighted by Gasteiger charge is -2.29. The first-order chi connectivity index (χ1) is 8.58. The topological polar surface area (TPSA) is 49.7 Å². The van der Waals surface area contributed by atoms with Gasteiger partial charge >= 0.3 is 0 Å². The number of hydrogen-bond acceptors (Lipinski definition) is 3. The van der Waals surface area contributed by atoms with Gasteiger partial charge in [0.2, 0.25) is 0 Å². The van der Waals surface area contributed by atoms with Crippen molar-refractivity contribution in [3.63, 3.8) is 0 Å². The maximum absolute atomic E-state index is 9.90. The molecule has 1 aliphatic carbocycles. The van der Waals surface area contributed by atoms with Gasteiger partial charge in [0.15, 0.2) is 0 Å². The van der Waals surface area contributed by atoms with Crippen LogP contribution in [-0.4, -0.2) is 22.4 Å². The molecule has 0 saturated heterocycles. The van der Waals surface area contributed by atoms with Gasteiger partial charge in [-0.1, -0.05) is 18.0 Å². The van der Waals surface area contributed by atoms with Crippen molar-refractivity contribution in [3.8, 4) is 5.75 Å². The Morgan fingerprint density at radius 1 is 1.33 bits per heavy atom. The van der Waals surface area contributed by atoms with Crippen molar-refractivity contribution in [2.45, 2.75) is 50.9 Å². The van der Waals surface area contributed by atoms with Crippen molar-refractivity contribution in [1.82, 2.24) is 0 Å². The molecule has 0 spiro atoms. The molecule has 0 aromatic heterocycles. The summed E-state index contributed by atoms with van der Waals surface area (Å²) in [5, 5.41) is 20.2. The van der Waals surface area contributed by atoms with E-state index < -0.39 is 12.2 Å². The van der Waals surface area contributed by atoms with E-state index in [1.54, 1.807) is 25.1 Å². The van der Waals surface area contributed by atoms with Gasteiger partial charge in [0.25, 0.3) is 0 Å². The summed E-state index contributed by atoms with van der Waals surface area (Å²) in [5.41, 5.74) is 0.667. The van der Waals surface area contributed by atoms with E-state index in [4.69, 9.17) is 16.3 Å². The van der Waals surface area contributed by atoms with Crippen LogP contribution in [0, 0.1) is 0 Å². The fourth-order valence-electron chi connectivity index (χ4n) is 2.33. The van der Waals surface area contributed by atoms with Crippen molar-refractivity contribution >= 4 is 11.6 Å². The molecule has 3 atom stereocenters. The summed E-state index contributed by atoms with van der Waals surface area (Å²) >= 11 is 5.92. The van der Waals surface area contributed by atoms with Crippen molar-refractivity contribution in [2.75, 3.05) is 0 Å². The minimum absolute atomic E-state index is 0.183. The minimum Gasteiger partial charge on any atom is -0.487 e. The Bertz CT molecular complexity index is 406. The maximum Gasteiger partial charge on any atom is 0.125 e. The quantitative estimate of drug-likeness (QED) is 0.887. The van der Waals surface area contributed by atoms with Gasteiger partial charge < -0.3 is 14.9 Å². The maximum atomic E-state index is 9.90. The van der Waals surface area contributed by atoms with Gasteiger partial charge in [0, 0.05) is 10.6 Å². The number of aliphatic hydroxyl groups excluding tert-OH is 2. The fraction of sp³-hybridized carbons (Fsp3) is 0.571. The minimum atomic E-state index is -0.639. The van der Waals surface area contributed by atoms with E-state index in [2.05, 4.69) is 0 Å². The molecule has 2 N–H and O–H groups in total. The average Bonchev–Trinajstić information content (AvgIpc) is 2.34. The SMILES string of the molecule is C[C@@H](O)c1cc(Cl)ccc1OC1CCCCC1O. The predicted molar refractivity (Wildman–Crippen MR) is 71.0 cm³/mol. The van der Waals surface area contributed by atoms with Crippen LogP contribution in [0.25, 0.3) is 0 Å². The molecular formula is C14H19ClO3. The zero-order valence-electron chi connectivity index (χ0n) is 10.5. The first-order valence-corrected chi connectivity index (χ1v) is 6.78. The molecule has 0 amide bonds. The van der Waals surface area contributed by atoms with Crippen LogP contribution in [0.15, 0.2) is 18.2 Å². The van der Waals surface area contributed by atoms with Crippen LogP contribution >= 0.6 is 11.6 Å². The predicted octanol–water partition coefficient (Wildman–Crippen LogP) is 3.08. The molecule has 1 aromatic rings. The number of ether oxygens (including phenoxy) is 1. The van der Waals surface area contributed by atoms with Crippen LogP contribution in [0.5, 0.6) is 5.75 Å². The van der Waals surface area contributed by atoms with Crippen LogP contribution < -0.4 is 4.74 Å². The summed E-state index contributed by atoms with van der Waals surface area (Å²) in [6.07, 6.45) is 2.50. The molecule has 1 saturated carbocycles. The van der Waals surface area contributed by atoms with Gasteiger partial charge in [-0.2, -0.15) is 0 Å². The Hall–Kier alpha value is -0.770. The molecular weight excluding hydrogens is 252 g/mol. The molecule has 0 heterocycles. The first-order valence-electron chi connectivity index (χ1n) is 6.40. The first kappa shape index (κ1) is 13.7. The molecule has 3 nitrogen and oxygen atoms in total. The van der Waals surface area contributed by atoms with Crippen molar-refractivity contribution in [1.29, 1.82) is 0 Å². The highest BCUT2D eigenvalue weighted by molar-refractivity contribution is 6.30. The zero-order chi connectivity index (χ0) is 13.1. The van der Waals surface area contributed by atoms with Gasteiger partial charge in [0.1, 0.15) is 11.9 Å². The Labute approximate surface area is 112 Å². The Morgan fingerprint density at radius 3 is 2.72 bits per heavy atom. The van der Waals surface area contributed by atoms with Crippen molar-refractivity contribution < 1.29 is 14.9 Å². The lowest BCUT2D eigenvalue weighted by molar-refractivity contribution is 0.00529. The second-order valence-electron chi connectivity index (χ2n) is 4.87. The smallest absolute Gasteiger partial charge is 0.125 e. The third-order valence-electron chi connectivity index (χ3n) is 3.37. The Morgan fingerprint density at radius 2 is 2.06 bits per heavy atom. The van der Waals surface area contributed by atoms with Crippen LogP contribution in [-0.2, 0) is 0 Å². The van der Waals surface area contributed by atoms with Crippen LogP contribution in [0.3, 0.4) is 0 Å². The van der Waals surface area contributed by atoms with Gasteiger partial charge in [-0.25, -0.2) is 0 Å². The molecule has 18 heavy (non-hydrogen) atoms. The third kappa shape index (κ3) is 3.16. The summed E-state index contributed by atoms with van der Waals surface area (Å²) in [4.78, 5) is 0. The van der Waals surface area contributed by atoms with Gasteiger partial charge in [-0.05, 0) is 44.4 Å². The van der Waals surface area contributed by atoms with Crippen molar-refractivity contribution in [3.05, 3.63) is 28.8 Å². The molecule has 0 bridgehead atoms. The summed E-state index contributed by atoms with van der Waals surface area (Å²) in [6.45, 7) is 1.68. The standard InChI is InChI=1S/C14H19ClO3/c1-9(16)11-8-10(15)6-7-13(11)18-14-5-3-2-4-12(14)17/h6-9,12,14,16-17H,2-5H2,1H3/t9-,12?,14?/m1/s1. The van der Waals surface area contributed by atoms with Gasteiger partial charge in [-0.15, -0.1) is 0 Å². The molecule has 1 aliphatic rings. The highest BCUT2D eigenvalue weighted by Crippen LogP contribution is 2.31. The molecule has 2 rings (SSSR count). The molecule has 1 fully saturated rings. The molecule has 100 valence electrons. The Balaban J connectivity index is 2.17. The molecule has 4 heteroatoms. The summed E-state index contributed by atoms with van der Waals surface area (Å²) in [6, 6.07) is 5.19. The van der Waals surface area contributed by atoms with E-state index in [-0.39, 0.29) is 6.10 Å². The zero-order valence-corrected chi connectivity index (χ0v) is 11.2. The second kappa shape index (κ2) is 5.91. The summed E-state index contributed by atoms with van der Waals surface area (Å²) in [5.74, 6) is 0.611. The van der Waals surface area contributed by atoms with Gasteiger partial charge in [-0.3, -0.25) is 0 Å². The van der Waals surface area contributed by atoms with E-state index in [1.807, 2.05) is 0 Å². The highest BCUT2D eigenvalue weighted by Gasteiger charge is 2.25. The number of halogens is 1. The largest absolute Gasteiger partial charge is 0.487 e. The van der Waals surface area contributed by atoms with E-state index in [9.17, 15) is 10.2 Å². The molecule has 1 aromatic carbocycles. The van der Waals surface area contributed by atoms with Gasteiger partial charge in [0.05, 0.1) is 12.2 Å². The molecule has 0 aliphatic heterocycles. The summed E-state index contributed by atoms with van der Waals surface area (Å²) < 4.78 is 5.85. The second-order valence-corrected chi connectivity index (χ2v) is 5.30. The lowest BCUT2D eigenvalue weighted by Crippen LogP contribution is -2.34. The van der Waals surface area contributed by atoms with Crippen molar-refractivity contribution in [2.24, 2.45) is 0 Å². The van der Waals surface area contributed by atoms with Crippen LogP contribution in [0.2, 0.25) is 5.02 Å². The number of rotatable bonds is 3. The number of hydrogen-bond donors (Lipinski definition) is 2. The van der Waals surface area contributed by atoms with E-state index in [0.29, 0.717) is 16.3 Å². The normalized spacial score (nSPS) is 25.8. The van der Waals surface area contributed by atoms with Crippen LogP contribution in [0.1, 0.15) is 44.3 Å². The van der Waals surface area contributed by atoms with Crippen LogP contribution in [0.4, 0.5) is 0 Å². The number of benzene rings is 1. The van der Waals surface area contributed by atoms with E-state index in [1.165, 1.54) is 0 Å². The number of aliphatic hydroxyl groups is 2. The fourth-order valence-corrected chi connectivity index (χ4v) is 2.51. The highest BCUT2D eigenvalue weighted by atomic mass is 35.5. The van der Waals surface area contributed by atoms with E-state index in [0.717, 1.165) is 25.7 Å². The monoisotopic (exact) mass is 270 g/mol. The van der Waals surface area contributed by atoms with E-state index >= 15 is 0 Å². The lowest BCUT2D eigenvalue weighted by atomic mass is 9.94. The third-order valence-corrected chi connectivity index (χ3v) is 3.60. The Kier molecular flexibility index (Phi) is 4.49. The molecule has 0 radical (unpaired) electrons. The average molecular weight is 271 g/mol. The summed E-state index contributed by atoms with van der Waals surface area (Å²) in [7, 11) is 0. The molecule has 2 unspecified atom stereocenters.